The Morgan fingerprint density at radius 1 is 1.33 bits per heavy atom. The molecular formula is C13H12N4O. The van der Waals surface area contributed by atoms with Gasteiger partial charge in [0.25, 0.3) is 0 Å². The number of imidazole rings is 1. The van der Waals surface area contributed by atoms with Crippen molar-refractivity contribution in [2.24, 2.45) is 5.10 Å². The smallest absolute Gasteiger partial charge is 0.222 e. The first kappa shape index (κ1) is 10.6. The Morgan fingerprint density at radius 3 is 3.06 bits per heavy atom. The van der Waals surface area contributed by atoms with Gasteiger partial charge in [-0.3, -0.25) is 0 Å². The van der Waals surface area contributed by atoms with E-state index in [2.05, 4.69) is 20.5 Å². The largest absolute Gasteiger partial charge is 0.463 e. The maximum Gasteiger partial charge on any atom is 0.222 e. The summed E-state index contributed by atoms with van der Waals surface area (Å²) in [5.41, 5.74) is 5.92. The van der Waals surface area contributed by atoms with Crippen molar-refractivity contribution in [1.82, 2.24) is 9.97 Å². The number of aryl methyl sites for hydroxylation is 1. The first-order valence-corrected chi connectivity index (χ1v) is 5.61. The predicted molar refractivity (Wildman–Crippen MR) is 70.8 cm³/mol. The lowest BCUT2D eigenvalue weighted by Gasteiger charge is -1.91. The summed E-state index contributed by atoms with van der Waals surface area (Å²) in [5.74, 6) is 1.30. The van der Waals surface area contributed by atoms with Crippen LogP contribution in [0.2, 0.25) is 0 Å². The van der Waals surface area contributed by atoms with Gasteiger partial charge in [0, 0.05) is 0 Å². The third-order valence-electron chi connectivity index (χ3n) is 2.62. The molecule has 0 fully saturated rings. The van der Waals surface area contributed by atoms with Crippen molar-refractivity contribution in [3.05, 3.63) is 47.9 Å². The van der Waals surface area contributed by atoms with E-state index in [4.69, 9.17) is 4.42 Å². The number of hydrogen-bond acceptors (Lipinski definition) is 4. The molecule has 0 amide bonds. The second kappa shape index (κ2) is 4.37. The van der Waals surface area contributed by atoms with Crippen molar-refractivity contribution in [3.8, 4) is 0 Å². The fourth-order valence-corrected chi connectivity index (χ4v) is 1.75. The van der Waals surface area contributed by atoms with Crippen molar-refractivity contribution in [2.45, 2.75) is 6.92 Å². The number of anilines is 1. The minimum atomic E-state index is 0.613. The normalized spacial score (nSPS) is 11.4. The molecule has 0 aliphatic heterocycles. The number of aromatic nitrogens is 2. The fraction of sp³-hybridized carbons (Fsp3) is 0.0769. The molecule has 0 saturated heterocycles. The van der Waals surface area contributed by atoms with Gasteiger partial charge in [0.1, 0.15) is 5.76 Å². The lowest BCUT2D eigenvalue weighted by Crippen LogP contribution is -1.91. The van der Waals surface area contributed by atoms with E-state index >= 15 is 0 Å². The van der Waals surface area contributed by atoms with E-state index in [0.717, 1.165) is 16.6 Å². The molecule has 1 aromatic carbocycles. The number of hydrogen-bond donors (Lipinski definition) is 2. The van der Waals surface area contributed by atoms with Gasteiger partial charge in [-0.05, 0) is 30.7 Å². The van der Waals surface area contributed by atoms with Crippen LogP contribution in [0.5, 0.6) is 0 Å². The zero-order valence-corrected chi connectivity index (χ0v) is 9.84. The topological polar surface area (TPSA) is 66.2 Å². The van der Waals surface area contributed by atoms with Crippen LogP contribution in [0.15, 0.2) is 46.1 Å². The average Bonchev–Trinajstić information content (AvgIpc) is 2.98. The Hall–Kier alpha value is -2.56. The highest BCUT2D eigenvalue weighted by molar-refractivity contribution is 5.81. The van der Waals surface area contributed by atoms with Gasteiger partial charge < -0.3 is 9.40 Å². The Kier molecular flexibility index (Phi) is 2.57. The lowest BCUT2D eigenvalue weighted by atomic mass is 10.2. The molecule has 0 radical (unpaired) electrons. The summed E-state index contributed by atoms with van der Waals surface area (Å²) in [4.78, 5) is 7.57. The number of nitrogens with zero attached hydrogens (tertiary/aromatic N) is 2. The molecule has 18 heavy (non-hydrogen) atoms. The highest BCUT2D eigenvalue weighted by Gasteiger charge is 2.03. The van der Waals surface area contributed by atoms with Crippen LogP contribution >= 0.6 is 0 Å². The number of aromatic amines is 1. The number of rotatable bonds is 3. The number of para-hydroxylation sites is 1. The number of hydrazone groups is 1. The van der Waals surface area contributed by atoms with Crippen molar-refractivity contribution in [1.29, 1.82) is 0 Å². The van der Waals surface area contributed by atoms with E-state index in [9.17, 15) is 0 Å². The van der Waals surface area contributed by atoms with Gasteiger partial charge >= 0.3 is 0 Å². The summed E-state index contributed by atoms with van der Waals surface area (Å²) in [6.07, 6.45) is 3.20. The van der Waals surface area contributed by atoms with E-state index in [1.165, 1.54) is 0 Å². The highest BCUT2D eigenvalue weighted by atomic mass is 16.3. The van der Waals surface area contributed by atoms with Gasteiger partial charge in [-0.25, -0.2) is 10.4 Å². The Morgan fingerprint density at radius 2 is 2.28 bits per heavy atom. The Bertz CT molecular complexity index is 682. The molecule has 0 bridgehead atoms. The summed E-state index contributed by atoms with van der Waals surface area (Å²) < 4.78 is 5.13. The molecule has 0 aliphatic rings. The quantitative estimate of drug-likeness (QED) is 0.546. The Labute approximate surface area is 104 Å². The third-order valence-corrected chi connectivity index (χ3v) is 2.62. The van der Waals surface area contributed by atoms with Gasteiger partial charge in [0.05, 0.1) is 23.5 Å². The average molecular weight is 240 g/mol. The zero-order chi connectivity index (χ0) is 12.4. The molecule has 5 nitrogen and oxygen atoms in total. The maximum atomic E-state index is 5.13. The highest BCUT2D eigenvalue weighted by Crippen LogP contribution is 2.17. The fourth-order valence-electron chi connectivity index (χ4n) is 1.75. The van der Waals surface area contributed by atoms with Crippen molar-refractivity contribution in [2.75, 3.05) is 5.43 Å². The third kappa shape index (κ3) is 1.98. The van der Waals surface area contributed by atoms with Crippen LogP contribution in [0.25, 0.3) is 11.0 Å². The van der Waals surface area contributed by atoms with Crippen LogP contribution in [-0.2, 0) is 0 Å². The van der Waals surface area contributed by atoms with Crippen molar-refractivity contribution >= 4 is 23.2 Å². The van der Waals surface area contributed by atoms with Gasteiger partial charge in [0.15, 0.2) is 0 Å². The van der Waals surface area contributed by atoms with Crippen molar-refractivity contribution in [3.63, 3.8) is 0 Å². The monoisotopic (exact) mass is 240 g/mol. The minimum absolute atomic E-state index is 0.613. The predicted octanol–water partition coefficient (Wildman–Crippen LogP) is 2.91. The Balaban J connectivity index is 1.81. The zero-order valence-electron chi connectivity index (χ0n) is 9.84. The van der Waals surface area contributed by atoms with E-state index in [1.54, 1.807) is 12.5 Å². The van der Waals surface area contributed by atoms with Crippen LogP contribution in [0, 0.1) is 6.92 Å². The number of fused-ring (bicyclic) bond motifs is 1. The number of furan rings is 1. The molecule has 2 heterocycles. The van der Waals surface area contributed by atoms with Crippen LogP contribution in [0.3, 0.4) is 0 Å². The molecule has 0 spiro atoms. The number of nitrogens with one attached hydrogen (secondary N) is 2. The molecule has 0 atom stereocenters. The molecule has 0 saturated carbocycles. The van der Waals surface area contributed by atoms with Gasteiger partial charge in [-0.1, -0.05) is 12.1 Å². The molecule has 3 rings (SSSR count). The summed E-state index contributed by atoms with van der Waals surface area (Å²) >= 11 is 0. The standard InChI is InChI=1S/C13H12N4O/c1-9-4-2-6-11-12(9)16-13(15-11)17-14-8-10-5-3-7-18-10/h2-8H,1H3,(H2,15,16,17)/b14-8-. The van der Waals surface area contributed by atoms with Crippen LogP contribution in [-0.4, -0.2) is 16.2 Å². The maximum absolute atomic E-state index is 5.13. The second-order valence-corrected chi connectivity index (χ2v) is 3.94. The summed E-state index contributed by atoms with van der Waals surface area (Å²) in [6, 6.07) is 9.64. The second-order valence-electron chi connectivity index (χ2n) is 3.94. The van der Waals surface area contributed by atoms with E-state index in [0.29, 0.717) is 11.7 Å². The first-order valence-electron chi connectivity index (χ1n) is 5.61. The number of H-pyrrole nitrogens is 1. The molecule has 2 N–H and O–H groups in total. The lowest BCUT2D eigenvalue weighted by molar-refractivity contribution is 0.560. The molecule has 5 heteroatoms. The van der Waals surface area contributed by atoms with Crippen LogP contribution in [0.4, 0.5) is 5.95 Å². The van der Waals surface area contributed by atoms with Crippen molar-refractivity contribution < 1.29 is 4.42 Å². The van der Waals surface area contributed by atoms with Gasteiger partial charge in [-0.2, -0.15) is 5.10 Å². The van der Waals surface area contributed by atoms with Crippen LogP contribution < -0.4 is 5.43 Å². The summed E-state index contributed by atoms with van der Waals surface area (Å²) in [5, 5.41) is 4.05. The molecular weight excluding hydrogens is 228 g/mol. The van der Waals surface area contributed by atoms with Gasteiger partial charge in [-0.15, -0.1) is 0 Å². The minimum Gasteiger partial charge on any atom is -0.463 e. The number of benzene rings is 1. The van der Waals surface area contributed by atoms with Gasteiger partial charge in [0.2, 0.25) is 5.95 Å². The van der Waals surface area contributed by atoms with E-state index < -0.39 is 0 Å². The van der Waals surface area contributed by atoms with E-state index in [-0.39, 0.29) is 0 Å². The summed E-state index contributed by atoms with van der Waals surface area (Å²) in [7, 11) is 0. The molecule has 2 aromatic heterocycles. The van der Waals surface area contributed by atoms with E-state index in [1.807, 2.05) is 37.3 Å². The van der Waals surface area contributed by atoms with Crippen LogP contribution in [0.1, 0.15) is 11.3 Å². The molecule has 90 valence electrons. The summed E-state index contributed by atoms with van der Waals surface area (Å²) in [6.45, 7) is 2.03. The molecule has 0 unspecified atom stereocenters. The first-order chi connectivity index (χ1) is 8.83. The molecule has 0 aliphatic carbocycles. The SMILES string of the molecule is Cc1cccc2[nH]c(N/N=C\c3ccco3)nc12. The molecule has 3 aromatic rings.